The lowest BCUT2D eigenvalue weighted by molar-refractivity contribution is -0.0122. The Hall–Kier alpha value is -1.59. The molecule has 1 fully saturated rings. The SMILES string of the molecule is Cc1ccc2sc(C(=O)N3CCOC(C)C3)c(N)c2c1. The molecule has 1 aromatic carbocycles. The Kier molecular flexibility index (Phi) is 3.40. The number of hydrogen-bond donors (Lipinski definition) is 1. The summed E-state index contributed by atoms with van der Waals surface area (Å²) in [5.41, 5.74) is 7.94. The zero-order valence-corrected chi connectivity index (χ0v) is 12.5. The predicted molar refractivity (Wildman–Crippen MR) is 82.3 cm³/mol. The molecule has 0 aliphatic carbocycles. The molecule has 1 aliphatic heterocycles. The number of rotatable bonds is 1. The third-order valence-corrected chi connectivity index (χ3v) is 4.78. The molecule has 2 N–H and O–H groups in total. The maximum atomic E-state index is 12.6. The van der Waals surface area contributed by atoms with Crippen molar-refractivity contribution in [2.24, 2.45) is 0 Å². The highest BCUT2D eigenvalue weighted by Gasteiger charge is 2.26. The smallest absolute Gasteiger partial charge is 0.266 e. The number of nitrogens with two attached hydrogens (primary N) is 1. The average molecular weight is 290 g/mol. The summed E-state index contributed by atoms with van der Waals surface area (Å²) in [6, 6.07) is 6.12. The van der Waals surface area contributed by atoms with Crippen molar-refractivity contribution >= 4 is 33.0 Å². The minimum Gasteiger partial charge on any atom is -0.397 e. The van der Waals surface area contributed by atoms with Gasteiger partial charge >= 0.3 is 0 Å². The van der Waals surface area contributed by atoms with Crippen LogP contribution in [0.4, 0.5) is 5.69 Å². The molecule has 2 heterocycles. The molecule has 0 saturated carbocycles. The molecule has 0 spiro atoms. The number of aryl methyl sites for hydroxylation is 1. The second kappa shape index (κ2) is 5.07. The summed E-state index contributed by atoms with van der Waals surface area (Å²) in [7, 11) is 0. The Morgan fingerprint density at radius 2 is 2.30 bits per heavy atom. The number of nitrogen functional groups attached to an aromatic ring is 1. The van der Waals surface area contributed by atoms with Gasteiger partial charge < -0.3 is 15.4 Å². The highest BCUT2D eigenvalue weighted by molar-refractivity contribution is 7.21. The number of carbonyl (C=O) groups is 1. The predicted octanol–water partition coefficient (Wildman–Crippen LogP) is 2.65. The van der Waals surface area contributed by atoms with Crippen LogP contribution in [0.1, 0.15) is 22.2 Å². The van der Waals surface area contributed by atoms with Crippen LogP contribution in [0, 0.1) is 6.92 Å². The Morgan fingerprint density at radius 1 is 1.50 bits per heavy atom. The molecule has 0 bridgehead atoms. The number of morpholine rings is 1. The molecule has 1 saturated heterocycles. The highest BCUT2D eigenvalue weighted by atomic mass is 32.1. The summed E-state index contributed by atoms with van der Waals surface area (Å²) in [5.74, 6) is 0.0245. The third kappa shape index (κ3) is 2.27. The van der Waals surface area contributed by atoms with Gasteiger partial charge in [-0.3, -0.25) is 4.79 Å². The molecule has 20 heavy (non-hydrogen) atoms. The van der Waals surface area contributed by atoms with Gasteiger partial charge in [-0.1, -0.05) is 11.6 Å². The van der Waals surface area contributed by atoms with E-state index in [1.165, 1.54) is 11.3 Å². The lowest BCUT2D eigenvalue weighted by atomic mass is 10.1. The van der Waals surface area contributed by atoms with E-state index in [0.29, 0.717) is 30.3 Å². The number of carbonyl (C=O) groups excluding carboxylic acids is 1. The second-order valence-electron chi connectivity index (χ2n) is 5.28. The highest BCUT2D eigenvalue weighted by Crippen LogP contribution is 2.35. The fourth-order valence-corrected chi connectivity index (χ4v) is 3.61. The molecule has 1 amide bonds. The van der Waals surface area contributed by atoms with Gasteiger partial charge in [0.1, 0.15) is 4.88 Å². The molecule has 1 atom stereocenters. The molecule has 3 rings (SSSR count). The Balaban J connectivity index is 1.97. The summed E-state index contributed by atoms with van der Waals surface area (Å²) >= 11 is 1.48. The summed E-state index contributed by atoms with van der Waals surface area (Å²) in [6.45, 7) is 5.87. The Labute approximate surface area is 122 Å². The van der Waals surface area contributed by atoms with Crippen LogP contribution in [0.2, 0.25) is 0 Å². The summed E-state index contributed by atoms with van der Waals surface area (Å²) in [5, 5.41) is 0.986. The van der Waals surface area contributed by atoms with Gasteiger partial charge in [0.25, 0.3) is 5.91 Å². The van der Waals surface area contributed by atoms with E-state index in [1.54, 1.807) is 0 Å². The molecule has 0 radical (unpaired) electrons. The van der Waals surface area contributed by atoms with Crippen molar-refractivity contribution < 1.29 is 9.53 Å². The van der Waals surface area contributed by atoms with E-state index in [1.807, 2.05) is 36.9 Å². The zero-order chi connectivity index (χ0) is 14.3. The number of fused-ring (bicyclic) bond motifs is 1. The van der Waals surface area contributed by atoms with Gasteiger partial charge in [-0.25, -0.2) is 0 Å². The first kappa shape index (κ1) is 13.4. The molecule has 106 valence electrons. The Morgan fingerprint density at radius 3 is 3.05 bits per heavy atom. The molecule has 1 aromatic heterocycles. The zero-order valence-electron chi connectivity index (χ0n) is 11.7. The maximum absolute atomic E-state index is 12.6. The van der Waals surface area contributed by atoms with Gasteiger partial charge in [-0.2, -0.15) is 0 Å². The number of nitrogens with zero attached hydrogens (tertiary/aromatic N) is 1. The second-order valence-corrected chi connectivity index (χ2v) is 6.33. The van der Waals surface area contributed by atoms with Crippen molar-refractivity contribution in [3.8, 4) is 0 Å². The van der Waals surface area contributed by atoms with Gasteiger partial charge in [0, 0.05) is 23.2 Å². The molecular formula is C15H18N2O2S. The quantitative estimate of drug-likeness (QED) is 0.878. The van der Waals surface area contributed by atoms with E-state index in [0.717, 1.165) is 15.6 Å². The van der Waals surface area contributed by atoms with Gasteiger partial charge in [0.05, 0.1) is 18.4 Å². The monoisotopic (exact) mass is 290 g/mol. The number of amides is 1. The largest absolute Gasteiger partial charge is 0.397 e. The summed E-state index contributed by atoms with van der Waals surface area (Å²) in [6.07, 6.45) is 0.0885. The van der Waals surface area contributed by atoms with Crippen LogP contribution in [-0.4, -0.2) is 36.6 Å². The molecule has 1 unspecified atom stereocenters. The van der Waals surface area contributed by atoms with E-state index in [-0.39, 0.29) is 12.0 Å². The molecule has 1 aliphatic rings. The molecule has 4 nitrogen and oxygen atoms in total. The number of ether oxygens (including phenoxy) is 1. The first-order valence-corrected chi connectivity index (χ1v) is 7.57. The van der Waals surface area contributed by atoms with E-state index >= 15 is 0 Å². The number of hydrogen-bond acceptors (Lipinski definition) is 4. The van der Waals surface area contributed by atoms with Crippen LogP contribution in [0.15, 0.2) is 18.2 Å². The van der Waals surface area contributed by atoms with Crippen molar-refractivity contribution in [1.29, 1.82) is 0 Å². The standard InChI is InChI=1S/C15H18N2O2S/c1-9-3-4-12-11(7-9)13(16)14(20-12)15(18)17-5-6-19-10(2)8-17/h3-4,7,10H,5-6,8,16H2,1-2H3. The van der Waals surface area contributed by atoms with Crippen molar-refractivity contribution in [2.45, 2.75) is 20.0 Å². The van der Waals surface area contributed by atoms with Crippen LogP contribution in [0.5, 0.6) is 0 Å². The number of thiophene rings is 1. The van der Waals surface area contributed by atoms with E-state index in [4.69, 9.17) is 10.5 Å². The van der Waals surface area contributed by atoms with Crippen molar-refractivity contribution in [2.75, 3.05) is 25.4 Å². The van der Waals surface area contributed by atoms with Crippen LogP contribution in [0.25, 0.3) is 10.1 Å². The van der Waals surface area contributed by atoms with E-state index in [2.05, 4.69) is 0 Å². The van der Waals surface area contributed by atoms with Gasteiger partial charge in [0.15, 0.2) is 0 Å². The number of anilines is 1. The van der Waals surface area contributed by atoms with Gasteiger partial charge in [-0.05, 0) is 26.0 Å². The van der Waals surface area contributed by atoms with Crippen LogP contribution < -0.4 is 5.73 Å². The third-order valence-electron chi connectivity index (χ3n) is 3.60. The lowest BCUT2D eigenvalue weighted by Gasteiger charge is -2.30. The fourth-order valence-electron chi connectivity index (χ4n) is 2.54. The maximum Gasteiger partial charge on any atom is 0.266 e. The normalized spacial score (nSPS) is 19.5. The summed E-state index contributed by atoms with van der Waals surface area (Å²) < 4.78 is 6.54. The molecule has 5 heteroatoms. The van der Waals surface area contributed by atoms with Gasteiger partial charge in [-0.15, -0.1) is 11.3 Å². The molecular weight excluding hydrogens is 272 g/mol. The minimum absolute atomic E-state index is 0.0245. The van der Waals surface area contributed by atoms with Crippen molar-refractivity contribution in [3.63, 3.8) is 0 Å². The first-order chi connectivity index (χ1) is 9.56. The summed E-state index contributed by atoms with van der Waals surface area (Å²) in [4.78, 5) is 15.1. The van der Waals surface area contributed by atoms with Crippen molar-refractivity contribution in [1.82, 2.24) is 4.90 Å². The molecule has 2 aromatic rings. The topological polar surface area (TPSA) is 55.6 Å². The average Bonchev–Trinajstić information content (AvgIpc) is 2.75. The Bertz CT molecular complexity index is 665. The van der Waals surface area contributed by atoms with E-state index in [9.17, 15) is 4.79 Å². The van der Waals surface area contributed by atoms with Gasteiger partial charge in [0.2, 0.25) is 0 Å². The minimum atomic E-state index is 0.0245. The lowest BCUT2D eigenvalue weighted by Crippen LogP contribution is -2.44. The van der Waals surface area contributed by atoms with E-state index < -0.39 is 0 Å². The number of benzene rings is 1. The first-order valence-electron chi connectivity index (χ1n) is 6.76. The van der Waals surface area contributed by atoms with Crippen LogP contribution >= 0.6 is 11.3 Å². The van der Waals surface area contributed by atoms with Crippen molar-refractivity contribution in [3.05, 3.63) is 28.6 Å². The van der Waals surface area contributed by atoms with Crippen LogP contribution in [-0.2, 0) is 4.74 Å². The van der Waals surface area contributed by atoms with Crippen LogP contribution in [0.3, 0.4) is 0 Å². The fraction of sp³-hybridized carbons (Fsp3) is 0.400.